The highest BCUT2D eigenvalue weighted by Gasteiger charge is 2.38. The Morgan fingerprint density at radius 2 is 1.58 bits per heavy atom. The molecule has 0 aliphatic rings. The summed E-state index contributed by atoms with van der Waals surface area (Å²) in [5, 5.41) is 2.87. The van der Waals surface area contributed by atoms with Gasteiger partial charge in [0.25, 0.3) is 0 Å². The van der Waals surface area contributed by atoms with Crippen LogP contribution in [-0.4, -0.2) is 20.3 Å². The zero-order chi connectivity index (χ0) is 18.0. The number of hydrogen-bond acceptors (Lipinski definition) is 4. The van der Waals surface area contributed by atoms with Crippen LogP contribution < -0.4 is 0 Å². The fourth-order valence-electron chi connectivity index (χ4n) is 1.71. The zero-order valence-electron chi connectivity index (χ0n) is 12.2. The molecule has 0 aliphatic carbocycles. The first-order chi connectivity index (χ1) is 11.1. The quantitative estimate of drug-likeness (QED) is 0.382. The number of benzene rings is 2. The Labute approximate surface area is 150 Å². The minimum absolute atomic E-state index is 0.277. The molecule has 0 fully saturated rings. The number of halogens is 4. The summed E-state index contributed by atoms with van der Waals surface area (Å²) in [6.07, 6.45) is -4.87. The van der Waals surface area contributed by atoms with E-state index in [0.717, 1.165) is 9.13 Å². The SMILES string of the molecule is Cc1ccc(S(=O)(=O)ON=C(c2ccc(I)cc2)C(F)(F)F)cc1. The van der Waals surface area contributed by atoms with Crippen LogP contribution in [0.1, 0.15) is 11.1 Å². The zero-order valence-corrected chi connectivity index (χ0v) is 15.2. The van der Waals surface area contributed by atoms with Crippen molar-refractivity contribution in [2.75, 3.05) is 0 Å². The monoisotopic (exact) mass is 469 g/mol. The van der Waals surface area contributed by atoms with Crippen LogP contribution in [0.4, 0.5) is 13.2 Å². The Morgan fingerprint density at radius 3 is 2.08 bits per heavy atom. The molecule has 0 spiro atoms. The first kappa shape index (κ1) is 18.7. The highest BCUT2D eigenvalue weighted by atomic mass is 127. The molecule has 2 aromatic carbocycles. The minimum Gasteiger partial charge on any atom is -0.264 e. The van der Waals surface area contributed by atoms with Crippen molar-refractivity contribution in [3.05, 3.63) is 63.2 Å². The van der Waals surface area contributed by atoms with E-state index in [0.29, 0.717) is 0 Å². The van der Waals surface area contributed by atoms with Crippen LogP contribution in [0.25, 0.3) is 0 Å². The second kappa shape index (κ2) is 7.09. The van der Waals surface area contributed by atoms with Gasteiger partial charge in [0.05, 0.1) is 0 Å². The fraction of sp³-hybridized carbons (Fsp3) is 0.133. The van der Waals surface area contributed by atoms with E-state index in [1.807, 2.05) is 22.6 Å². The summed E-state index contributed by atoms with van der Waals surface area (Å²) < 4.78 is 68.3. The van der Waals surface area contributed by atoms with E-state index in [1.54, 1.807) is 6.92 Å². The Bertz CT molecular complexity index is 845. The molecule has 0 aliphatic heterocycles. The van der Waals surface area contributed by atoms with E-state index in [1.165, 1.54) is 48.5 Å². The van der Waals surface area contributed by atoms with Gasteiger partial charge in [-0.2, -0.15) is 21.6 Å². The van der Waals surface area contributed by atoms with Crippen molar-refractivity contribution in [2.45, 2.75) is 18.0 Å². The molecule has 0 unspecified atom stereocenters. The van der Waals surface area contributed by atoms with E-state index >= 15 is 0 Å². The van der Waals surface area contributed by atoms with Crippen LogP contribution in [-0.2, 0) is 14.4 Å². The van der Waals surface area contributed by atoms with E-state index in [4.69, 9.17) is 0 Å². The molecule has 2 rings (SSSR count). The first-order valence-electron chi connectivity index (χ1n) is 6.51. The van der Waals surface area contributed by atoms with Crippen LogP contribution in [0.3, 0.4) is 0 Å². The standard InChI is InChI=1S/C15H11F3INO3S/c1-10-2-8-13(9-3-10)24(21,22)23-20-14(15(16,17)18)11-4-6-12(19)7-5-11/h2-9H,1H3. The first-order valence-corrected chi connectivity index (χ1v) is 9.00. The molecular weight excluding hydrogens is 458 g/mol. The molecule has 9 heteroatoms. The lowest BCUT2D eigenvalue weighted by Gasteiger charge is -2.10. The van der Waals surface area contributed by atoms with Crippen molar-refractivity contribution in [3.63, 3.8) is 0 Å². The van der Waals surface area contributed by atoms with Gasteiger partial charge in [-0.3, -0.25) is 4.28 Å². The largest absolute Gasteiger partial charge is 0.437 e. The molecule has 0 radical (unpaired) electrons. The Morgan fingerprint density at radius 1 is 1.04 bits per heavy atom. The van der Waals surface area contributed by atoms with Gasteiger partial charge in [-0.25, -0.2) is 0 Å². The Kier molecular flexibility index (Phi) is 5.53. The molecule has 4 nitrogen and oxygen atoms in total. The van der Waals surface area contributed by atoms with Gasteiger partial charge < -0.3 is 0 Å². The topological polar surface area (TPSA) is 55.7 Å². The number of alkyl halides is 3. The molecule has 0 saturated heterocycles. The molecule has 0 bridgehead atoms. The predicted octanol–water partition coefficient (Wildman–Crippen LogP) is 4.27. The Hall–Kier alpha value is -1.62. The smallest absolute Gasteiger partial charge is 0.264 e. The predicted molar refractivity (Wildman–Crippen MR) is 91.2 cm³/mol. The van der Waals surface area contributed by atoms with Crippen LogP contribution in [0.2, 0.25) is 0 Å². The van der Waals surface area contributed by atoms with Crippen LogP contribution >= 0.6 is 22.6 Å². The van der Waals surface area contributed by atoms with Crippen molar-refractivity contribution in [3.8, 4) is 0 Å². The van der Waals surface area contributed by atoms with Gasteiger partial charge in [0.1, 0.15) is 4.90 Å². The maximum Gasteiger partial charge on any atom is 0.437 e. The van der Waals surface area contributed by atoms with E-state index < -0.39 is 22.0 Å². The second-order valence-electron chi connectivity index (χ2n) is 4.79. The molecular formula is C15H11F3INO3S. The lowest BCUT2D eigenvalue weighted by atomic mass is 10.1. The second-order valence-corrected chi connectivity index (χ2v) is 7.56. The van der Waals surface area contributed by atoms with Crippen molar-refractivity contribution in [1.29, 1.82) is 0 Å². The maximum atomic E-state index is 13.1. The van der Waals surface area contributed by atoms with Gasteiger partial charge in [-0.1, -0.05) is 35.0 Å². The van der Waals surface area contributed by atoms with Gasteiger partial charge in [-0.05, 0) is 53.8 Å². The lowest BCUT2D eigenvalue weighted by molar-refractivity contribution is -0.0597. The Balaban J connectivity index is 2.37. The number of rotatable bonds is 4. The molecule has 128 valence electrons. The highest BCUT2D eigenvalue weighted by Crippen LogP contribution is 2.24. The van der Waals surface area contributed by atoms with E-state index in [9.17, 15) is 21.6 Å². The summed E-state index contributed by atoms with van der Waals surface area (Å²) in [7, 11) is -4.44. The molecule has 2 aromatic rings. The van der Waals surface area contributed by atoms with Crippen molar-refractivity contribution < 1.29 is 25.9 Å². The summed E-state index contributed by atoms with van der Waals surface area (Å²) in [4.78, 5) is -0.277. The third kappa shape index (κ3) is 4.69. The van der Waals surface area contributed by atoms with Gasteiger partial charge in [0.15, 0.2) is 5.71 Å². The average Bonchev–Trinajstić information content (AvgIpc) is 2.48. The number of oxime groups is 1. The van der Waals surface area contributed by atoms with Crippen LogP contribution in [0.15, 0.2) is 58.6 Å². The number of hydrogen-bond donors (Lipinski definition) is 0. The third-order valence-corrected chi connectivity index (χ3v) is 4.76. The number of aryl methyl sites for hydroxylation is 1. The van der Waals surface area contributed by atoms with Crippen molar-refractivity contribution in [2.24, 2.45) is 5.16 Å². The van der Waals surface area contributed by atoms with E-state index in [-0.39, 0.29) is 10.5 Å². The fourth-order valence-corrected chi connectivity index (χ4v) is 2.80. The summed E-state index contributed by atoms with van der Waals surface area (Å²) in [5.41, 5.74) is -0.913. The van der Waals surface area contributed by atoms with Crippen LogP contribution in [0, 0.1) is 10.5 Å². The van der Waals surface area contributed by atoms with Gasteiger partial charge in [0, 0.05) is 9.13 Å². The minimum atomic E-state index is -4.87. The van der Waals surface area contributed by atoms with Crippen LogP contribution in [0.5, 0.6) is 0 Å². The lowest BCUT2D eigenvalue weighted by Crippen LogP contribution is -2.25. The summed E-state index contributed by atoms with van der Waals surface area (Å²) in [5.74, 6) is 0. The summed E-state index contributed by atoms with van der Waals surface area (Å²) in [6, 6.07) is 10.8. The normalized spacial score (nSPS) is 13.0. The summed E-state index contributed by atoms with van der Waals surface area (Å²) >= 11 is 1.94. The molecule has 0 aromatic heterocycles. The van der Waals surface area contributed by atoms with E-state index in [2.05, 4.69) is 9.44 Å². The van der Waals surface area contributed by atoms with Gasteiger partial charge in [0.2, 0.25) is 0 Å². The molecule has 0 atom stereocenters. The highest BCUT2D eigenvalue weighted by molar-refractivity contribution is 14.1. The number of nitrogens with zero attached hydrogens (tertiary/aromatic N) is 1. The summed E-state index contributed by atoms with van der Waals surface area (Å²) in [6.45, 7) is 1.74. The third-order valence-electron chi connectivity index (χ3n) is 2.92. The molecule has 24 heavy (non-hydrogen) atoms. The molecule has 0 saturated carbocycles. The van der Waals surface area contributed by atoms with Crippen molar-refractivity contribution in [1.82, 2.24) is 0 Å². The van der Waals surface area contributed by atoms with Gasteiger partial charge >= 0.3 is 16.3 Å². The van der Waals surface area contributed by atoms with Gasteiger partial charge in [-0.15, -0.1) is 0 Å². The molecule has 0 N–H and O–H groups in total. The average molecular weight is 469 g/mol. The molecule has 0 heterocycles. The maximum absolute atomic E-state index is 13.1. The van der Waals surface area contributed by atoms with Crippen molar-refractivity contribution >= 4 is 38.4 Å². The molecule has 0 amide bonds.